The predicted molar refractivity (Wildman–Crippen MR) is 157 cm³/mol. The van der Waals surface area contributed by atoms with Gasteiger partial charge >= 0.3 is 0 Å². The van der Waals surface area contributed by atoms with E-state index in [-0.39, 0.29) is 42.4 Å². The first-order valence-electron chi connectivity index (χ1n) is 13.9. The summed E-state index contributed by atoms with van der Waals surface area (Å²) in [5, 5.41) is 15.5. The number of nitrogens with zero attached hydrogens (tertiary/aromatic N) is 2. The molecular weight excluding hydrogens is 510 g/mol. The summed E-state index contributed by atoms with van der Waals surface area (Å²) in [7, 11) is 3.95. The Morgan fingerprint density at radius 3 is 2.42 bits per heavy atom. The Kier molecular flexibility index (Phi) is 11.3. The number of nitrogens with one attached hydrogen (secondary N) is 2. The average molecular weight is 554 g/mol. The van der Waals surface area contributed by atoms with Crippen LogP contribution in [0.3, 0.4) is 0 Å². The Bertz CT molecular complexity index is 1170. The fourth-order valence-corrected chi connectivity index (χ4v) is 4.67. The molecule has 0 saturated heterocycles. The van der Waals surface area contributed by atoms with Crippen LogP contribution in [0.25, 0.3) is 0 Å². The number of carbonyl (C=O) groups is 3. The van der Waals surface area contributed by atoms with Gasteiger partial charge in [-0.15, -0.1) is 0 Å². The van der Waals surface area contributed by atoms with Gasteiger partial charge in [0.2, 0.25) is 11.8 Å². The van der Waals surface area contributed by atoms with Crippen molar-refractivity contribution in [1.29, 1.82) is 0 Å². The van der Waals surface area contributed by atoms with Gasteiger partial charge in [0.15, 0.2) is 0 Å². The van der Waals surface area contributed by atoms with Crippen molar-refractivity contribution in [2.24, 2.45) is 5.92 Å². The summed E-state index contributed by atoms with van der Waals surface area (Å²) in [6.45, 7) is 4.84. The maximum Gasteiger partial charge on any atom is 0.258 e. The maximum absolute atomic E-state index is 13.5. The first-order valence-corrected chi connectivity index (χ1v) is 13.9. The third kappa shape index (κ3) is 8.69. The molecule has 3 amide bonds. The number of rotatable bonds is 12. The predicted octanol–water partition coefficient (Wildman–Crippen LogP) is 3.58. The van der Waals surface area contributed by atoms with Gasteiger partial charge in [0.25, 0.3) is 5.91 Å². The van der Waals surface area contributed by atoms with E-state index in [0.717, 1.165) is 6.42 Å². The Labute approximate surface area is 236 Å². The number of amides is 3. The summed E-state index contributed by atoms with van der Waals surface area (Å²) < 4.78 is 6.30. The number of fused-ring (bicyclic) bond motifs is 1. The largest absolute Gasteiger partial charge is 0.488 e. The van der Waals surface area contributed by atoms with Crippen molar-refractivity contribution in [1.82, 2.24) is 9.80 Å². The highest BCUT2D eigenvalue weighted by molar-refractivity contribution is 6.00. The van der Waals surface area contributed by atoms with E-state index in [1.807, 2.05) is 45.0 Å². The number of hydrogen-bond donors (Lipinski definition) is 4. The molecule has 2 aromatic rings. The molecule has 3 atom stereocenters. The topological polar surface area (TPSA) is 137 Å². The highest BCUT2D eigenvalue weighted by atomic mass is 16.5. The van der Waals surface area contributed by atoms with Gasteiger partial charge in [-0.1, -0.05) is 25.5 Å². The number of hydrogen-bond acceptors (Lipinski definition) is 7. The monoisotopic (exact) mass is 553 g/mol. The summed E-state index contributed by atoms with van der Waals surface area (Å²) in [4.78, 5) is 42.0. The average Bonchev–Trinajstić information content (AvgIpc) is 2.91. The Hall–Kier alpha value is -3.63. The van der Waals surface area contributed by atoms with Crippen LogP contribution in [-0.4, -0.2) is 78.6 Å². The van der Waals surface area contributed by atoms with Crippen molar-refractivity contribution in [3.8, 4) is 5.75 Å². The van der Waals surface area contributed by atoms with E-state index in [2.05, 4.69) is 10.6 Å². The number of nitrogen functional groups attached to an aromatic ring is 1. The second-order valence-corrected chi connectivity index (χ2v) is 10.8. The van der Waals surface area contributed by atoms with Gasteiger partial charge in [-0.05, 0) is 64.2 Å². The molecule has 1 aliphatic rings. The van der Waals surface area contributed by atoms with E-state index < -0.39 is 0 Å². The number of anilines is 3. The highest BCUT2D eigenvalue weighted by Gasteiger charge is 2.33. The Balaban J connectivity index is 1.57. The van der Waals surface area contributed by atoms with Crippen LogP contribution >= 0.6 is 0 Å². The molecule has 218 valence electrons. The van der Waals surface area contributed by atoms with Crippen molar-refractivity contribution in [2.45, 2.75) is 58.1 Å². The number of unbranched alkanes of at least 4 members (excludes halogenated alkanes) is 2. The molecule has 1 aliphatic heterocycles. The Morgan fingerprint density at radius 2 is 1.77 bits per heavy atom. The van der Waals surface area contributed by atoms with Crippen LogP contribution in [0.15, 0.2) is 42.5 Å². The minimum Gasteiger partial charge on any atom is -0.488 e. The van der Waals surface area contributed by atoms with E-state index in [1.54, 1.807) is 35.2 Å². The zero-order valence-electron chi connectivity index (χ0n) is 24.0. The van der Waals surface area contributed by atoms with E-state index in [0.29, 0.717) is 67.1 Å². The summed E-state index contributed by atoms with van der Waals surface area (Å²) in [5.41, 5.74) is 7.85. The molecule has 0 radical (unpaired) electrons. The van der Waals surface area contributed by atoms with Gasteiger partial charge in [0.05, 0.1) is 29.6 Å². The number of carbonyl (C=O) groups excluding carboxylic acids is 3. The second kappa shape index (κ2) is 14.7. The van der Waals surface area contributed by atoms with E-state index >= 15 is 0 Å². The number of aliphatic hydroxyl groups excluding tert-OH is 1. The van der Waals surface area contributed by atoms with Crippen LogP contribution in [-0.2, 0) is 9.59 Å². The van der Waals surface area contributed by atoms with Crippen LogP contribution in [0.4, 0.5) is 17.1 Å². The summed E-state index contributed by atoms with van der Waals surface area (Å²) >= 11 is 0. The smallest absolute Gasteiger partial charge is 0.258 e. The summed E-state index contributed by atoms with van der Waals surface area (Å²) in [6, 6.07) is 11.9. The van der Waals surface area contributed by atoms with Crippen LogP contribution < -0.4 is 21.1 Å². The molecule has 40 heavy (non-hydrogen) atoms. The third-order valence-corrected chi connectivity index (χ3v) is 7.04. The van der Waals surface area contributed by atoms with Gasteiger partial charge in [0.1, 0.15) is 11.9 Å². The van der Waals surface area contributed by atoms with Crippen molar-refractivity contribution in [2.75, 3.05) is 50.2 Å². The van der Waals surface area contributed by atoms with E-state index in [4.69, 9.17) is 10.5 Å². The first kappa shape index (κ1) is 30.9. The second-order valence-electron chi connectivity index (χ2n) is 10.8. The fraction of sp³-hybridized carbons (Fsp3) is 0.500. The van der Waals surface area contributed by atoms with Gasteiger partial charge in [-0.3, -0.25) is 14.4 Å². The number of likely N-dealkylation sites (N-methyl/N-ethyl adjacent to an activating group) is 1. The molecule has 10 nitrogen and oxygen atoms in total. The minimum absolute atomic E-state index is 0.0513. The van der Waals surface area contributed by atoms with Gasteiger partial charge in [-0.2, -0.15) is 0 Å². The lowest BCUT2D eigenvalue weighted by molar-refractivity contribution is -0.116. The molecule has 0 fully saturated rings. The minimum atomic E-state index is -0.355. The van der Waals surface area contributed by atoms with Gasteiger partial charge < -0.3 is 36.0 Å². The first-order chi connectivity index (χ1) is 19.1. The maximum atomic E-state index is 13.5. The summed E-state index contributed by atoms with van der Waals surface area (Å²) in [5.74, 6) is 0.00277. The lowest BCUT2D eigenvalue weighted by atomic mass is 9.99. The molecule has 1 heterocycles. The van der Waals surface area contributed by atoms with Crippen LogP contribution in [0.5, 0.6) is 5.75 Å². The van der Waals surface area contributed by atoms with Crippen molar-refractivity contribution >= 4 is 34.8 Å². The molecule has 0 bridgehead atoms. The van der Waals surface area contributed by atoms with Crippen LogP contribution in [0.2, 0.25) is 0 Å². The summed E-state index contributed by atoms with van der Waals surface area (Å²) in [6.07, 6.45) is 2.50. The number of ether oxygens (including phenoxy) is 1. The van der Waals surface area contributed by atoms with Crippen LogP contribution in [0.1, 0.15) is 56.3 Å². The Morgan fingerprint density at radius 1 is 1.10 bits per heavy atom. The zero-order valence-corrected chi connectivity index (χ0v) is 24.0. The molecule has 0 aliphatic carbocycles. The molecule has 0 aromatic heterocycles. The molecule has 2 aromatic carbocycles. The van der Waals surface area contributed by atoms with Crippen molar-refractivity contribution in [3.63, 3.8) is 0 Å². The molecule has 5 N–H and O–H groups in total. The van der Waals surface area contributed by atoms with E-state index in [1.165, 1.54) is 0 Å². The van der Waals surface area contributed by atoms with Crippen molar-refractivity contribution < 1.29 is 24.2 Å². The lowest BCUT2D eigenvalue weighted by Crippen LogP contribution is -2.49. The molecule has 0 saturated carbocycles. The molecule has 10 heteroatoms. The molecule has 0 spiro atoms. The standard InChI is InChI=1S/C30H43N5O5/c1-20-17-35(21(2)19-36)30(39)23-16-22(14-15-26(23)40-27(20)18-34(3)4)32-28(37)12-6-5-7-13-29(38)33-25-11-9-8-10-24(25)31/h8-11,14-16,20-21,27,36H,5-7,12-13,17-19,31H2,1-4H3,(H,32,37)(H,33,38)/t20-,21-,27-/m1/s1. The molecule has 0 unspecified atom stereocenters. The van der Waals surface area contributed by atoms with Crippen molar-refractivity contribution in [3.05, 3.63) is 48.0 Å². The number of para-hydroxylation sites is 2. The van der Waals surface area contributed by atoms with Crippen LogP contribution in [0, 0.1) is 5.92 Å². The quantitative estimate of drug-likeness (QED) is 0.233. The van der Waals surface area contributed by atoms with Gasteiger partial charge in [0, 0.05) is 37.5 Å². The third-order valence-electron chi connectivity index (χ3n) is 7.04. The number of aliphatic hydroxyl groups is 1. The highest BCUT2D eigenvalue weighted by Crippen LogP contribution is 2.30. The van der Waals surface area contributed by atoms with Gasteiger partial charge in [-0.25, -0.2) is 0 Å². The molecule has 3 rings (SSSR count). The lowest BCUT2D eigenvalue weighted by Gasteiger charge is -2.37. The number of nitrogens with two attached hydrogens (primary N) is 1. The fourth-order valence-electron chi connectivity index (χ4n) is 4.67. The molecular formula is C30H43N5O5. The number of benzene rings is 2. The van der Waals surface area contributed by atoms with E-state index in [9.17, 15) is 19.5 Å². The zero-order chi connectivity index (χ0) is 29.2. The normalized spacial score (nSPS) is 17.9. The SMILES string of the molecule is C[C@@H]1CN([C@H](C)CO)C(=O)c2cc(NC(=O)CCCCCC(=O)Nc3ccccc3N)ccc2O[C@@H]1CN(C)C.